The Morgan fingerprint density at radius 2 is 1.77 bits per heavy atom. The number of pyridine rings is 1. The van der Waals surface area contributed by atoms with E-state index in [1.54, 1.807) is 25.8 Å². The van der Waals surface area contributed by atoms with E-state index in [-0.39, 0.29) is 40.2 Å². The predicted octanol–water partition coefficient (Wildman–Crippen LogP) is 1.86. The van der Waals surface area contributed by atoms with Crippen molar-refractivity contribution >= 4 is 50.6 Å². The summed E-state index contributed by atoms with van der Waals surface area (Å²) in [4.78, 5) is 50.6. The minimum absolute atomic E-state index is 0.0166. The number of aliphatic carboxylic acids is 1. The van der Waals surface area contributed by atoms with Crippen LogP contribution in [0, 0.1) is 5.82 Å². The second-order valence-electron chi connectivity index (χ2n) is 7.17. The van der Waals surface area contributed by atoms with Crippen molar-refractivity contribution in [3.63, 3.8) is 0 Å². The summed E-state index contributed by atoms with van der Waals surface area (Å²) < 4.78 is 16.5. The highest BCUT2D eigenvalue weighted by molar-refractivity contribution is 7.16. The molecule has 2 N–H and O–H groups in total. The third-order valence-electron chi connectivity index (χ3n) is 5.36. The first-order valence-electron chi connectivity index (χ1n) is 9.51. The number of carboxylic acids is 2. The molecule has 0 spiro atoms. The summed E-state index contributed by atoms with van der Waals surface area (Å²) in [5, 5.41) is 19.8. The first-order chi connectivity index (χ1) is 14.8. The number of piperazine rings is 1. The molecule has 0 aliphatic carbocycles. The molecule has 0 unspecified atom stereocenters. The first-order valence-corrected chi connectivity index (χ1v) is 10.4. The van der Waals surface area contributed by atoms with E-state index in [2.05, 4.69) is 0 Å². The Hall–Kier alpha value is -3.47. The quantitative estimate of drug-likeness (QED) is 0.613. The fourth-order valence-electron chi connectivity index (χ4n) is 3.81. The lowest BCUT2D eigenvalue weighted by atomic mass is 10.1. The number of fused-ring (bicyclic) bond motifs is 3. The molecule has 4 rings (SSSR count). The van der Waals surface area contributed by atoms with Crippen LogP contribution in [0.25, 0.3) is 15.7 Å². The summed E-state index contributed by atoms with van der Waals surface area (Å²) in [5.41, 5.74) is -0.456. The number of hydrogen-bond acceptors (Lipinski definition) is 6. The molecule has 1 saturated heterocycles. The zero-order valence-corrected chi connectivity index (χ0v) is 17.0. The molecule has 3 heterocycles. The average Bonchev–Trinajstić information content (AvgIpc) is 3.21. The number of benzene rings is 1. The van der Waals surface area contributed by atoms with E-state index < -0.39 is 23.2 Å². The van der Waals surface area contributed by atoms with Gasteiger partial charge in [0.05, 0.1) is 23.0 Å². The van der Waals surface area contributed by atoms with Gasteiger partial charge in [-0.25, -0.2) is 9.18 Å². The van der Waals surface area contributed by atoms with Crippen molar-refractivity contribution in [1.82, 2.24) is 9.30 Å². The van der Waals surface area contributed by atoms with E-state index in [1.807, 2.05) is 0 Å². The van der Waals surface area contributed by atoms with Gasteiger partial charge in [-0.05, 0) is 12.1 Å². The predicted molar refractivity (Wildman–Crippen MR) is 112 cm³/mol. The van der Waals surface area contributed by atoms with Gasteiger partial charge in [-0.3, -0.25) is 14.4 Å². The van der Waals surface area contributed by atoms with E-state index in [0.717, 1.165) is 17.4 Å². The number of nitrogens with zero attached hydrogens (tertiary/aromatic N) is 3. The number of aromatic nitrogens is 1. The molecular weight excluding hydrogens is 429 g/mol. The fraction of sp³-hybridized carbons (Fsp3) is 0.300. The molecule has 162 valence electrons. The van der Waals surface area contributed by atoms with Gasteiger partial charge in [0.2, 0.25) is 11.3 Å². The van der Waals surface area contributed by atoms with E-state index >= 15 is 0 Å². The molecule has 1 aliphatic rings. The summed E-state index contributed by atoms with van der Waals surface area (Å²) in [6.07, 6.45) is 1.32. The largest absolute Gasteiger partial charge is 0.481 e. The number of carbonyl (C=O) groups is 3. The maximum atomic E-state index is 14.9. The first kappa shape index (κ1) is 20.8. The second kappa shape index (κ2) is 7.99. The minimum Gasteiger partial charge on any atom is -0.481 e. The Morgan fingerprint density at radius 3 is 2.42 bits per heavy atom. The van der Waals surface area contributed by atoms with Crippen LogP contribution in [0.15, 0.2) is 28.5 Å². The summed E-state index contributed by atoms with van der Waals surface area (Å²) in [7, 11) is 0. The lowest BCUT2D eigenvalue weighted by molar-refractivity contribution is -0.141. The Kier molecular flexibility index (Phi) is 5.36. The summed E-state index contributed by atoms with van der Waals surface area (Å²) in [6, 6.07) is 2.59. The third kappa shape index (κ3) is 3.72. The number of carboxylic acid groups (broad SMARTS) is 2. The van der Waals surface area contributed by atoms with Gasteiger partial charge in [-0.15, -0.1) is 11.3 Å². The Bertz CT molecular complexity index is 1280. The zero-order chi connectivity index (χ0) is 22.3. The van der Waals surface area contributed by atoms with Gasteiger partial charge in [0.15, 0.2) is 0 Å². The number of thiazole rings is 1. The van der Waals surface area contributed by atoms with Gasteiger partial charge in [-0.2, -0.15) is 0 Å². The van der Waals surface area contributed by atoms with E-state index in [1.165, 1.54) is 6.07 Å². The van der Waals surface area contributed by atoms with Crippen LogP contribution in [0.1, 0.15) is 23.2 Å². The smallest absolute Gasteiger partial charge is 0.342 e. The van der Waals surface area contributed by atoms with Crippen molar-refractivity contribution < 1.29 is 29.0 Å². The molecule has 9 nitrogen and oxygen atoms in total. The number of anilines is 1. The molecule has 31 heavy (non-hydrogen) atoms. The average molecular weight is 447 g/mol. The molecule has 2 aromatic heterocycles. The summed E-state index contributed by atoms with van der Waals surface area (Å²) in [5.74, 6) is -3.30. The van der Waals surface area contributed by atoms with Crippen LogP contribution in [0.5, 0.6) is 0 Å². The van der Waals surface area contributed by atoms with Gasteiger partial charge in [0.25, 0.3) is 0 Å². The lowest BCUT2D eigenvalue weighted by Crippen LogP contribution is -2.49. The van der Waals surface area contributed by atoms with Crippen molar-refractivity contribution in [2.45, 2.75) is 12.8 Å². The molecule has 1 aliphatic heterocycles. The molecular formula is C20H18FN3O6S. The molecule has 0 bridgehead atoms. The number of hydrogen-bond donors (Lipinski definition) is 2. The van der Waals surface area contributed by atoms with Crippen LogP contribution in [0.2, 0.25) is 0 Å². The van der Waals surface area contributed by atoms with Gasteiger partial charge in [-0.1, -0.05) is 0 Å². The van der Waals surface area contributed by atoms with Crippen molar-refractivity contribution in [2.24, 2.45) is 0 Å². The van der Waals surface area contributed by atoms with Crippen molar-refractivity contribution in [2.75, 3.05) is 31.1 Å². The van der Waals surface area contributed by atoms with Crippen LogP contribution >= 0.6 is 11.3 Å². The maximum Gasteiger partial charge on any atom is 0.342 e. The zero-order valence-electron chi connectivity index (χ0n) is 16.2. The van der Waals surface area contributed by atoms with Crippen molar-refractivity contribution in [3.05, 3.63) is 45.3 Å². The van der Waals surface area contributed by atoms with Gasteiger partial charge >= 0.3 is 11.9 Å². The molecule has 11 heteroatoms. The molecule has 1 aromatic carbocycles. The van der Waals surface area contributed by atoms with Crippen LogP contribution in [0.3, 0.4) is 0 Å². The highest BCUT2D eigenvalue weighted by Gasteiger charge is 2.25. The Labute approximate surface area is 178 Å². The van der Waals surface area contributed by atoms with Crippen LogP contribution in [0.4, 0.5) is 10.1 Å². The highest BCUT2D eigenvalue weighted by Crippen LogP contribution is 2.29. The van der Waals surface area contributed by atoms with Gasteiger partial charge in [0.1, 0.15) is 16.2 Å². The Morgan fingerprint density at radius 1 is 1.06 bits per heavy atom. The maximum absolute atomic E-state index is 14.9. The summed E-state index contributed by atoms with van der Waals surface area (Å²) >= 11 is 1.12. The second-order valence-corrected chi connectivity index (χ2v) is 8.06. The molecule has 0 saturated carbocycles. The third-order valence-corrected chi connectivity index (χ3v) is 6.24. The van der Waals surface area contributed by atoms with Gasteiger partial charge in [0, 0.05) is 44.2 Å². The Balaban J connectivity index is 1.66. The molecule has 0 atom stereocenters. The van der Waals surface area contributed by atoms with Crippen LogP contribution in [-0.4, -0.2) is 63.5 Å². The van der Waals surface area contributed by atoms with E-state index in [9.17, 15) is 28.7 Å². The highest BCUT2D eigenvalue weighted by atomic mass is 32.1. The molecule has 1 amide bonds. The molecule has 3 aromatic rings. The standard InChI is InChI=1S/C20H18FN3O6S/c21-12-9-11-13(24-7-8-31-19(24)17(18(11)28)20(29)30)10-14(12)22-3-5-23(6-4-22)15(25)1-2-16(26)27/h7-10H,1-6H2,(H,26,27)(H,29,30). The number of rotatable bonds is 5. The monoisotopic (exact) mass is 447 g/mol. The molecule has 1 fully saturated rings. The van der Waals surface area contributed by atoms with Gasteiger partial charge < -0.3 is 24.4 Å². The topological polar surface area (TPSA) is 120 Å². The molecule has 0 radical (unpaired) electrons. The van der Waals surface area contributed by atoms with Crippen molar-refractivity contribution in [1.29, 1.82) is 0 Å². The number of halogens is 1. The lowest BCUT2D eigenvalue weighted by Gasteiger charge is -2.36. The van der Waals surface area contributed by atoms with Crippen LogP contribution < -0.4 is 10.3 Å². The SMILES string of the molecule is O=C(O)CCC(=O)N1CCN(c2cc3c(cc2F)c(=O)c(C(=O)O)c2sccn23)CC1. The number of amides is 1. The summed E-state index contributed by atoms with van der Waals surface area (Å²) in [6.45, 7) is 1.33. The van der Waals surface area contributed by atoms with E-state index in [0.29, 0.717) is 31.7 Å². The normalized spacial score (nSPS) is 14.4. The number of aromatic carboxylic acids is 1. The number of carbonyl (C=O) groups excluding carboxylic acids is 1. The van der Waals surface area contributed by atoms with E-state index in [4.69, 9.17) is 5.11 Å². The van der Waals surface area contributed by atoms with Crippen molar-refractivity contribution in [3.8, 4) is 0 Å². The minimum atomic E-state index is -1.36. The fourth-order valence-corrected chi connectivity index (χ4v) is 4.69. The van der Waals surface area contributed by atoms with Crippen LogP contribution in [-0.2, 0) is 9.59 Å².